The number of ether oxygens (including phenoxy) is 1. The minimum atomic E-state index is -0.212. The van der Waals surface area contributed by atoms with Crippen molar-refractivity contribution in [2.75, 3.05) is 5.32 Å². The van der Waals surface area contributed by atoms with Gasteiger partial charge in [-0.3, -0.25) is 10.1 Å². The van der Waals surface area contributed by atoms with Gasteiger partial charge < -0.3 is 9.15 Å². The second kappa shape index (κ2) is 8.15. The molecule has 1 aromatic heterocycles. The molecule has 0 aliphatic rings. The van der Waals surface area contributed by atoms with E-state index in [4.69, 9.17) is 20.8 Å². The van der Waals surface area contributed by atoms with Crippen molar-refractivity contribution >= 4 is 34.6 Å². The summed E-state index contributed by atoms with van der Waals surface area (Å²) in [5.41, 5.74) is 3.14. The molecule has 140 valence electrons. The zero-order valence-electron chi connectivity index (χ0n) is 14.9. The monoisotopic (exact) mass is 392 g/mol. The Hall–Kier alpha value is -3.31. The molecule has 4 aromatic rings. The number of anilines is 1. The predicted octanol–water partition coefficient (Wildman–Crippen LogP) is 5.24. The third-order valence-corrected chi connectivity index (χ3v) is 4.37. The zero-order valence-corrected chi connectivity index (χ0v) is 15.6. The quantitative estimate of drug-likeness (QED) is 0.487. The number of amides is 1. The molecule has 0 bridgehead atoms. The molecular weight excluding hydrogens is 376 g/mol. The number of hydrogen-bond donors (Lipinski definition) is 1. The lowest BCUT2D eigenvalue weighted by Crippen LogP contribution is -2.14. The van der Waals surface area contributed by atoms with Crippen LogP contribution >= 0.6 is 11.6 Å². The molecule has 3 aromatic carbocycles. The lowest BCUT2D eigenvalue weighted by Gasteiger charge is -2.07. The smallest absolute Gasteiger partial charge is 0.302 e. The molecule has 1 amide bonds. The van der Waals surface area contributed by atoms with E-state index in [2.05, 4.69) is 10.3 Å². The van der Waals surface area contributed by atoms with Crippen LogP contribution in [0.5, 0.6) is 5.75 Å². The van der Waals surface area contributed by atoms with Crippen LogP contribution in [0.15, 0.2) is 77.2 Å². The maximum atomic E-state index is 12.3. The Morgan fingerprint density at radius 3 is 2.57 bits per heavy atom. The van der Waals surface area contributed by atoms with Crippen LogP contribution in [0, 0.1) is 0 Å². The minimum Gasteiger partial charge on any atom is -0.489 e. The molecule has 0 radical (unpaired) electrons. The lowest BCUT2D eigenvalue weighted by atomic mass is 10.1. The van der Waals surface area contributed by atoms with Crippen molar-refractivity contribution < 1.29 is 13.9 Å². The number of halogens is 1. The first-order chi connectivity index (χ1) is 13.7. The summed E-state index contributed by atoms with van der Waals surface area (Å²) in [4.78, 5) is 16.5. The van der Waals surface area contributed by atoms with E-state index in [1.807, 2.05) is 54.6 Å². The Morgan fingerprint density at radius 1 is 1.00 bits per heavy atom. The third kappa shape index (κ3) is 4.50. The number of nitrogens with one attached hydrogen (secondary N) is 1. The van der Waals surface area contributed by atoms with Crippen LogP contribution in [-0.4, -0.2) is 10.9 Å². The molecule has 0 atom stereocenters. The van der Waals surface area contributed by atoms with Crippen LogP contribution in [0.3, 0.4) is 0 Å². The highest BCUT2D eigenvalue weighted by molar-refractivity contribution is 6.31. The molecule has 0 saturated heterocycles. The number of carbonyl (C=O) groups excluding carboxylic acids is 1. The number of carbonyl (C=O) groups is 1. The highest BCUT2D eigenvalue weighted by atomic mass is 35.5. The van der Waals surface area contributed by atoms with Crippen molar-refractivity contribution in [2.45, 2.75) is 13.0 Å². The Balaban J connectivity index is 1.33. The predicted molar refractivity (Wildman–Crippen MR) is 109 cm³/mol. The fourth-order valence-electron chi connectivity index (χ4n) is 2.75. The summed E-state index contributed by atoms with van der Waals surface area (Å²) in [5.74, 6) is 0.541. The van der Waals surface area contributed by atoms with Crippen molar-refractivity contribution in [2.24, 2.45) is 0 Å². The highest BCUT2D eigenvalue weighted by Crippen LogP contribution is 2.22. The second-order valence-electron chi connectivity index (χ2n) is 6.27. The highest BCUT2D eigenvalue weighted by Gasteiger charge is 2.10. The fraction of sp³-hybridized carbons (Fsp3) is 0.0909. The van der Waals surface area contributed by atoms with Crippen LogP contribution < -0.4 is 10.1 Å². The number of rotatable bonds is 6. The van der Waals surface area contributed by atoms with Gasteiger partial charge in [-0.1, -0.05) is 54.1 Å². The van der Waals surface area contributed by atoms with Crippen LogP contribution in [0.25, 0.3) is 11.1 Å². The standard InChI is InChI=1S/C22H17ClN2O3/c23-17-8-11-20-19(13-17)24-22(28-20)25-21(26)12-15-6-9-18(10-7-15)27-14-16-4-2-1-3-5-16/h1-11,13H,12,14H2,(H,24,25,26). The van der Waals surface area contributed by atoms with Gasteiger partial charge in [0.15, 0.2) is 5.58 Å². The van der Waals surface area contributed by atoms with Crippen LogP contribution in [0.1, 0.15) is 11.1 Å². The maximum Gasteiger partial charge on any atom is 0.302 e. The molecule has 0 aliphatic heterocycles. The van der Waals surface area contributed by atoms with Gasteiger partial charge in [-0.05, 0) is 41.5 Å². The average molecular weight is 393 g/mol. The maximum absolute atomic E-state index is 12.3. The van der Waals surface area contributed by atoms with Gasteiger partial charge in [0.05, 0.1) is 6.42 Å². The molecule has 4 rings (SSSR count). The van der Waals surface area contributed by atoms with E-state index < -0.39 is 0 Å². The van der Waals surface area contributed by atoms with Gasteiger partial charge in [-0.15, -0.1) is 0 Å². The van der Waals surface area contributed by atoms with Crippen molar-refractivity contribution in [1.29, 1.82) is 0 Å². The van der Waals surface area contributed by atoms with E-state index in [0.29, 0.717) is 22.7 Å². The summed E-state index contributed by atoms with van der Waals surface area (Å²) in [6.07, 6.45) is 0.207. The molecule has 28 heavy (non-hydrogen) atoms. The molecule has 0 aliphatic carbocycles. The molecule has 0 saturated carbocycles. The number of oxazole rings is 1. The average Bonchev–Trinajstić information content (AvgIpc) is 3.09. The van der Waals surface area contributed by atoms with Gasteiger partial charge in [0.2, 0.25) is 5.91 Å². The van der Waals surface area contributed by atoms with Crippen molar-refractivity contribution in [3.8, 4) is 5.75 Å². The Kier molecular flexibility index (Phi) is 5.26. The first-order valence-electron chi connectivity index (χ1n) is 8.77. The van der Waals surface area contributed by atoms with Gasteiger partial charge in [0.25, 0.3) is 0 Å². The summed E-state index contributed by atoms with van der Waals surface area (Å²) in [6.45, 7) is 0.502. The van der Waals surface area contributed by atoms with E-state index in [1.165, 1.54) is 0 Å². The second-order valence-corrected chi connectivity index (χ2v) is 6.71. The van der Waals surface area contributed by atoms with E-state index in [1.54, 1.807) is 18.2 Å². The third-order valence-electron chi connectivity index (χ3n) is 4.13. The summed E-state index contributed by atoms with van der Waals surface area (Å²) in [7, 11) is 0. The minimum absolute atomic E-state index is 0.157. The molecule has 1 N–H and O–H groups in total. The molecule has 1 heterocycles. The van der Waals surface area contributed by atoms with Gasteiger partial charge in [-0.2, -0.15) is 4.98 Å². The number of fused-ring (bicyclic) bond motifs is 1. The van der Waals surface area contributed by atoms with Crippen LogP contribution in [0.4, 0.5) is 6.01 Å². The number of hydrogen-bond acceptors (Lipinski definition) is 4. The number of aromatic nitrogens is 1. The number of nitrogens with zero attached hydrogens (tertiary/aromatic N) is 1. The SMILES string of the molecule is O=C(Cc1ccc(OCc2ccccc2)cc1)Nc1nc2cc(Cl)ccc2o1. The summed E-state index contributed by atoms with van der Waals surface area (Å²) in [5, 5.41) is 3.23. The molecule has 0 spiro atoms. The first-order valence-corrected chi connectivity index (χ1v) is 9.15. The van der Waals surface area contributed by atoms with E-state index >= 15 is 0 Å². The van der Waals surface area contributed by atoms with Gasteiger partial charge >= 0.3 is 6.01 Å². The zero-order chi connectivity index (χ0) is 19.3. The Morgan fingerprint density at radius 2 is 1.79 bits per heavy atom. The Labute approximate surface area is 166 Å². The van der Waals surface area contributed by atoms with Gasteiger partial charge in [0, 0.05) is 5.02 Å². The van der Waals surface area contributed by atoms with E-state index in [-0.39, 0.29) is 18.3 Å². The van der Waals surface area contributed by atoms with E-state index in [9.17, 15) is 4.79 Å². The summed E-state index contributed by atoms with van der Waals surface area (Å²) in [6, 6.07) is 22.7. The van der Waals surface area contributed by atoms with Gasteiger partial charge in [0.1, 0.15) is 17.9 Å². The molecular formula is C22H17ClN2O3. The van der Waals surface area contributed by atoms with Crippen LogP contribution in [-0.2, 0) is 17.8 Å². The van der Waals surface area contributed by atoms with Crippen molar-refractivity contribution in [3.05, 3.63) is 88.9 Å². The normalized spacial score (nSPS) is 10.8. The number of benzene rings is 3. The fourth-order valence-corrected chi connectivity index (χ4v) is 2.91. The lowest BCUT2D eigenvalue weighted by molar-refractivity contribution is -0.115. The molecule has 5 nitrogen and oxygen atoms in total. The molecule has 0 fully saturated rings. The molecule has 6 heteroatoms. The first kappa shape index (κ1) is 18.1. The largest absolute Gasteiger partial charge is 0.489 e. The Bertz CT molecular complexity index is 1090. The molecule has 0 unspecified atom stereocenters. The van der Waals surface area contributed by atoms with E-state index in [0.717, 1.165) is 16.9 Å². The van der Waals surface area contributed by atoms with Crippen LogP contribution in [0.2, 0.25) is 5.02 Å². The summed E-state index contributed by atoms with van der Waals surface area (Å²) < 4.78 is 11.3. The van der Waals surface area contributed by atoms with Crippen molar-refractivity contribution in [3.63, 3.8) is 0 Å². The topological polar surface area (TPSA) is 64.4 Å². The van der Waals surface area contributed by atoms with Gasteiger partial charge in [-0.25, -0.2) is 0 Å². The van der Waals surface area contributed by atoms with Crippen molar-refractivity contribution in [1.82, 2.24) is 4.98 Å². The summed E-state index contributed by atoms with van der Waals surface area (Å²) >= 11 is 5.93.